The number of amides is 1. The summed E-state index contributed by atoms with van der Waals surface area (Å²) in [4.78, 5) is 23.4. The summed E-state index contributed by atoms with van der Waals surface area (Å²) in [5.41, 5.74) is 2.54. The molecule has 0 saturated carbocycles. The summed E-state index contributed by atoms with van der Waals surface area (Å²) in [6.45, 7) is 0. The van der Waals surface area contributed by atoms with E-state index in [0.29, 0.717) is 12.2 Å². The quantitative estimate of drug-likeness (QED) is 0.731. The van der Waals surface area contributed by atoms with Crippen LogP contribution in [0.5, 0.6) is 11.5 Å². The monoisotopic (exact) mass is 381 g/mol. The molecule has 1 aliphatic rings. The molecule has 0 unspecified atom stereocenters. The van der Waals surface area contributed by atoms with E-state index >= 15 is 0 Å². The summed E-state index contributed by atoms with van der Waals surface area (Å²) >= 11 is 0. The number of nitrogens with zero attached hydrogens (tertiary/aromatic N) is 2. The number of aliphatic carboxylic acids is 1. The second-order valence-electron chi connectivity index (χ2n) is 6.38. The molecule has 0 fully saturated rings. The van der Waals surface area contributed by atoms with Gasteiger partial charge in [-0.25, -0.2) is 5.01 Å². The van der Waals surface area contributed by atoms with Crippen LogP contribution in [0, 0.1) is 0 Å². The Hall–Kier alpha value is -3.35. The van der Waals surface area contributed by atoms with Gasteiger partial charge in [-0.15, -0.1) is 0 Å². The number of carbonyl (C=O) groups is 2. The Morgan fingerprint density at radius 3 is 2.11 bits per heavy atom. The molecular weight excluding hydrogens is 360 g/mol. The van der Waals surface area contributed by atoms with E-state index in [2.05, 4.69) is 5.10 Å². The summed E-state index contributed by atoms with van der Waals surface area (Å²) in [7, 11) is 3.19. The minimum absolute atomic E-state index is 0.158. The summed E-state index contributed by atoms with van der Waals surface area (Å²) in [5, 5.41) is 16.6. The standard InChI is InChI=1S/C21H22N2O5/c1-27-16-7-3-14(4-8-16)18-13-19(15-5-9-17(28-2)10-6-15)23(22-18)20(24)11-12-21(25)26/h3-10,19H,11-13H2,1-2H3,(H,25,26)/p-1/t19-/m0/s1. The lowest BCUT2D eigenvalue weighted by atomic mass is 9.98. The van der Waals surface area contributed by atoms with Gasteiger partial charge >= 0.3 is 0 Å². The molecule has 2 aromatic rings. The van der Waals surface area contributed by atoms with Gasteiger partial charge in [0.1, 0.15) is 11.5 Å². The summed E-state index contributed by atoms with van der Waals surface area (Å²) in [6.07, 6.45) is 0.0299. The van der Waals surface area contributed by atoms with Crippen LogP contribution in [0.15, 0.2) is 53.6 Å². The largest absolute Gasteiger partial charge is 0.550 e. The molecule has 0 radical (unpaired) electrons. The van der Waals surface area contributed by atoms with Gasteiger partial charge in [0.25, 0.3) is 0 Å². The number of carboxylic acid groups (broad SMARTS) is 1. The molecule has 1 heterocycles. The van der Waals surface area contributed by atoms with Gasteiger partial charge < -0.3 is 19.4 Å². The highest BCUT2D eigenvalue weighted by Gasteiger charge is 2.32. The molecule has 3 rings (SSSR count). The van der Waals surface area contributed by atoms with Crippen LogP contribution in [-0.2, 0) is 9.59 Å². The fraction of sp³-hybridized carbons (Fsp3) is 0.286. The third kappa shape index (κ3) is 4.31. The Kier molecular flexibility index (Phi) is 5.93. The van der Waals surface area contributed by atoms with Crippen molar-refractivity contribution in [2.45, 2.75) is 25.3 Å². The van der Waals surface area contributed by atoms with Gasteiger partial charge in [0.15, 0.2) is 0 Å². The highest BCUT2D eigenvalue weighted by Crippen LogP contribution is 2.34. The van der Waals surface area contributed by atoms with Gasteiger partial charge in [-0.2, -0.15) is 5.10 Å². The molecule has 146 valence electrons. The van der Waals surface area contributed by atoms with Crippen molar-refractivity contribution in [3.63, 3.8) is 0 Å². The second kappa shape index (κ2) is 8.56. The van der Waals surface area contributed by atoms with Crippen molar-refractivity contribution in [2.75, 3.05) is 14.2 Å². The number of methoxy groups -OCH3 is 2. The van der Waals surface area contributed by atoms with Gasteiger partial charge in [0.2, 0.25) is 5.91 Å². The maximum absolute atomic E-state index is 12.6. The second-order valence-corrected chi connectivity index (χ2v) is 6.38. The smallest absolute Gasteiger partial charge is 0.243 e. The highest BCUT2D eigenvalue weighted by atomic mass is 16.5. The first-order valence-corrected chi connectivity index (χ1v) is 8.89. The molecule has 1 amide bonds. The molecule has 28 heavy (non-hydrogen) atoms. The molecule has 0 bridgehead atoms. The number of hydrazone groups is 1. The van der Waals surface area contributed by atoms with Gasteiger partial charge in [-0.3, -0.25) is 4.79 Å². The minimum Gasteiger partial charge on any atom is -0.550 e. The zero-order chi connectivity index (χ0) is 20.1. The fourth-order valence-electron chi connectivity index (χ4n) is 3.11. The van der Waals surface area contributed by atoms with Crippen LogP contribution >= 0.6 is 0 Å². The Morgan fingerprint density at radius 1 is 1.00 bits per heavy atom. The van der Waals surface area contributed by atoms with Crippen LogP contribution in [-0.4, -0.2) is 36.8 Å². The van der Waals surface area contributed by atoms with Crippen molar-refractivity contribution >= 4 is 17.6 Å². The zero-order valence-electron chi connectivity index (χ0n) is 15.8. The number of hydrogen-bond acceptors (Lipinski definition) is 6. The Balaban J connectivity index is 1.88. The molecule has 0 spiro atoms. The van der Waals surface area contributed by atoms with E-state index in [9.17, 15) is 14.7 Å². The molecule has 1 aliphatic heterocycles. The molecule has 0 aliphatic carbocycles. The third-order valence-corrected chi connectivity index (χ3v) is 4.63. The molecule has 0 aromatic heterocycles. The van der Waals surface area contributed by atoms with E-state index in [1.807, 2.05) is 48.5 Å². The van der Waals surface area contributed by atoms with Crippen LogP contribution < -0.4 is 14.6 Å². The molecule has 7 nitrogen and oxygen atoms in total. The Labute approximate surface area is 163 Å². The number of ether oxygens (including phenoxy) is 2. The number of carboxylic acids is 1. The minimum atomic E-state index is -1.26. The van der Waals surface area contributed by atoms with Crippen molar-refractivity contribution in [3.8, 4) is 11.5 Å². The first-order chi connectivity index (χ1) is 13.5. The Morgan fingerprint density at radius 2 is 1.57 bits per heavy atom. The van der Waals surface area contributed by atoms with E-state index in [4.69, 9.17) is 9.47 Å². The van der Waals surface area contributed by atoms with Crippen molar-refractivity contribution in [1.29, 1.82) is 0 Å². The molecule has 0 N–H and O–H groups in total. The number of rotatable bonds is 7. The molecule has 0 saturated heterocycles. The van der Waals surface area contributed by atoms with Crippen LogP contribution in [0.1, 0.15) is 36.4 Å². The van der Waals surface area contributed by atoms with Gasteiger partial charge in [0.05, 0.1) is 26.0 Å². The van der Waals surface area contributed by atoms with Crippen molar-refractivity contribution in [1.82, 2.24) is 5.01 Å². The van der Waals surface area contributed by atoms with Crippen LogP contribution in [0.4, 0.5) is 0 Å². The van der Waals surface area contributed by atoms with Gasteiger partial charge in [0, 0.05) is 18.8 Å². The highest BCUT2D eigenvalue weighted by molar-refractivity contribution is 6.03. The van der Waals surface area contributed by atoms with Crippen LogP contribution in [0.3, 0.4) is 0 Å². The van der Waals surface area contributed by atoms with E-state index in [1.165, 1.54) is 5.01 Å². The average Bonchev–Trinajstić information content (AvgIpc) is 3.17. The first-order valence-electron chi connectivity index (χ1n) is 8.89. The molecule has 7 heteroatoms. The molecule has 2 aromatic carbocycles. The topological polar surface area (TPSA) is 91.3 Å². The molecule has 1 atom stereocenters. The van der Waals surface area contributed by atoms with Gasteiger partial charge in [-0.05, 0) is 53.9 Å². The SMILES string of the molecule is COc1ccc(C2=NN(C(=O)CCC(=O)[O-])[C@H](c3ccc(OC)cc3)C2)cc1. The Bertz CT molecular complexity index is 875. The average molecular weight is 381 g/mol. The predicted molar refractivity (Wildman–Crippen MR) is 101 cm³/mol. The summed E-state index contributed by atoms with van der Waals surface area (Å²) < 4.78 is 10.4. The van der Waals surface area contributed by atoms with Crippen LogP contribution in [0.25, 0.3) is 0 Å². The number of hydrogen-bond donors (Lipinski definition) is 0. The van der Waals surface area contributed by atoms with E-state index in [-0.39, 0.29) is 24.8 Å². The normalized spacial score (nSPS) is 15.9. The lowest BCUT2D eigenvalue weighted by molar-refractivity contribution is -0.305. The van der Waals surface area contributed by atoms with E-state index < -0.39 is 5.97 Å². The maximum atomic E-state index is 12.6. The van der Waals surface area contributed by atoms with Crippen molar-refractivity contribution in [2.24, 2.45) is 5.10 Å². The fourth-order valence-corrected chi connectivity index (χ4v) is 3.11. The first kappa shape index (κ1) is 19.4. The zero-order valence-corrected chi connectivity index (χ0v) is 15.8. The maximum Gasteiger partial charge on any atom is 0.243 e. The predicted octanol–water partition coefficient (Wildman–Crippen LogP) is 1.91. The third-order valence-electron chi connectivity index (χ3n) is 4.63. The van der Waals surface area contributed by atoms with Crippen molar-refractivity contribution < 1.29 is 24.2 Å². The number of carbonyl (C=O) groups excluding carboxylic acids is 2. The van der Waals surface area contributed by atoms with E-state index in [0.717, 1.165) is 22.6 Å². The summed E-state index contributed by atoms with van der Waals surface area (Å²) in [6, 6.07) is 14.5. The molecular formula is C21H21N2O5-. The number of benzene rings is 2. The van der Waals surface area contributed by atoms with Gasteiger partial charge in [-0.1, -0.05) is 12.1 Å². The lowest BCUT2D eigenvalue weighted by Gasteiger charge is -2.22. The lowest BCUT2D eigenvalue weighted by Crippen LogP contribution is -2.29. The summed E-state index contributed by atoms with van der Waals surface area (Å²) in [5.74, 6) is -0.162. The van der Waals surface area contributed by atoms with Crippen molar-refractivity contribution in [3.05, 3.63) is 59.7 Å². The van der Waals surface area contributed by atoms with E-state index in [1.54, 1.807) is 14.2 Å². The van der Waals surface area contributed by atoms with Crippen LogP contribution in [0.2, 0.25) is 0 Å².